The van der Waals surface area contributed by atoms with Gasteiger partial charge in [0.1, 0.15) is 0 Å². The molecule has 0 saturated carbocycles. The zero-order valence-electron chi connectivity index (χ0n) is 10.4. The second-order valence-electron chi connectivity index (χ2n) is 5.33. The SMILES string of the molecule is CC(NC1CNC(=O)C1)C(=O)NC(C)(C)C. The quantitative estimate of drug-likeness (QED) is 0.623. The number of amides is 2. The van der Waals surface area contributed by atoms with E-state index in [-0.39, 0.29) is 29.4 Å². The molecule has 0 spiro atoms. The normalized spacial score (nSPS) is 22.8. The Labute approximate surface area is 96.4 Å². The highest BCUT2D eigenvalue weighted by Gasteiger charge is 2.26. The topological polar surface area (TPSA) is 70.2 Å². The molecule has 16 heavy (non-hydrogen) atoms. The van der Waals surface area contributed by atoms with E-state index in [1.54, 1.807) is 0 Å². The fraction of sp³-hybridized carbons (Fsp3) is 0.818. The Kier molecular flexibility index (Phi) is 3.91. The Morgan fingerprint density at radius 1 is 1.50 bits per heavy atom. The molecule has 5 nitrogen and oxygen atoms in total. The van der Waals surface area contributed by atoms with E-state index in [1.807, 2.05) is 27.7 Å². The highest BCUT2D eigenvalue weighted by molar-refractivity contribution is 5.82. The summed E-state index contributed by atoms with van der Waals surface area (Å²) in [5.41, 5.74) is -0.225. The first-order chi connectivity index (χ1) is 7.28. The molecule has 1 rings (SSSR count). The summed E-state index contributed by atoms with van der Waals surface area (Å²) in [6.45, 7) is 8.24. The van der Waals surface area contributed by atoms with Crippen LogP contribution in [0.4, 0.5) is 0 Å². The molecule has 1 saturated heterocycles. The molecule has 0 radical (unpaired) electrons. The summed E-state index contributed by atoms with van der Waals surface area (Å²) in [5.74, 6) is 0.00720. The third-order valence-electron chi connectivity index (χ3n) is 2.35. The molecule has 0 aromatic rings. The van der Waals surface area contributed by atoms with E-state index < -0.39 is 0 Å². The van der Waals surface area contributed by atoms with Crippen LogP contribution in [0.15, 0.2) is 0 Å². The van der Waals surface area contributed by atoms with Gasteiger partial charge in [0, 0.05) is 24.5 Å². The van der Waals surface area contributed by atoms with Crippen LogP contribution in [0.25, 0.3) is 0 Å². The van der Waals surface area contributed by atoms with E-state index in [2.05, 4.69) is 16.0 Å². The summed E-state index contributed by atoms with van der Waals surface area (Å²) in [6.07, 6.45) is 0.452. The maximum Gasteiger partial charge on any atom is 0.237 e. The van der Waals surface area contributed by atoms with Crippen molar-refractivity contribution < 1.29 is 9.59 Å². The number of hydrogen-bond acceptors (Lipinski definition) is 3. The molecular formula is C11H21N3O2. The summed E-state index contributed by atoms with van der Waals surface area (Å²) < 4.78 is 0. The highest BCUT2D eigenvalue weighted by Crippen LogP contribution is 2.03. The van der Waals surface area contributed by atoms with Crippen LogP contribution in [0.3, 0.4) is 0 Å². The number of carbonyl (C=O) groups excluding carboxylic acids is 2. The van der Waals surface area contributed by atoms with Crippen molar-refractivity contribution in [1.82, 2.24) is 16.0 Å². The highest BCUT2D eigenvalue weighted by atomic mass is 16.2. The summed E-state index contributed by atoms with van der Waals surface area (Å²) in [4.78, 5) is 22.7. The molecular weight excluding hydrogens is 206 g/mol. The molecule has 1 aliphatic rings. The number of rotatable bonds is 3. The van der Waals surface area contributed by atoms with Gasteiger partial charge < -0.3 is 16.0 Å². The van der Waals surface area contributed by atoms with E-state index in [4.69, 9.17) is 0 Å². The van der Waals surface area contributed by atoms with Crippen LogP contribution in [-0.2, 0) is 9.59 Å². The van der Waals surface area contributed by atoms with Gasteiger partial charge in [-0.05, 0) is 27.7 Å². The molecule has 5 heteroatoms. The van der Waals surface area contributed by atoms with Gasteiger partial charge in [-0.15, -0.1) is 0 Å². The van der Waals surface area contributed by atoms with Crippen LogP contribution < -0.4 is 16.0 Å². The van der Waals surface area contributed by atoms with Crippen molar-refractivity contribution in [2.24, 2.45) is 0 Å². The third-order valence-corrected chi connectivity index (χ3v) is 2.35. The van der Waals surface area contributed by atoms with Crippen molar-refractivity contribution in [3.8, 4) is 0 Å². The zero-order chi connectivity index (χ0) is 12.3. The fourth-order valence-corrected chi connectivity index (χ4v) is 1.63. The molecule has 0 bridgehead atoms. The van der Waals surface area contributed by atoms with Crippen LogP contribution >= 0.6 is 0 Å². The number of carbonyl (C=O) groups is 2. The Balaban J connectivity index is 2.37. The molecule has 92 valence electrons. The Morgan fingerprint density at radius 2 is 2.12 bits per heavy atom. The average molecular weight is 227 g/mol. The molecule has 0 aliphatic carbocycles. The van der Waals surface area contributed by atoms with Gasteiger partial charge in [-0.2, -0.15) is 0 Å². The van der Waals surface area contributed by atoms with Crippen molar-refractivity contribution in [2.75, 3.05) is 6.54 Å². The van der Waals surface area contributed by atoms with Gasteiger partial charge in [0.05, 0.1) is 6.04 Å². The van der Waals surface area contributed by atoms with Crippen LogP contribution in [0.2, 0.25) is 0 Å². The lowest BCUT2D eigenvalue weighted by Gasteiger charge is -2.25. The van der Waals surface area contributed by atoms with Gasteiger partial charge in [-0.1, -0.05) is 0 Å². The third kappa shape index (κ3) is 4.18. The monoisotopic (exact) mass is 227 g/mol. The molecule has 0 aromatic carbocycles. The Morgan fingerprint density at radius 3 is 2.56 bits per heavy atom. The maximum atomic E-state index is 11.7. The Bertz CT molecular complexity index is 283. The van der Waals surface area contributed by atoms with Crippen LogP contribution in [-0.4, -0.2) is 36.0 Å². The smallest absolute Gasteiger partial charge is 0.237 e. The lowest BCUT2D eigenvalue weighted by molar-refractivity contribution is -0.124. The molecule has 3 N–H and O–H groups in total. The summed E-state index contributed by atoms with van der Waals surface area (Å²) in [5, 5.41) is 8.76. The van der Waals surface area contributed by atoms with E-state index in [1.165, 1.54) is 0 Å². The molecule has 2 amide bonds. The maximum absolute atomic E-state index is 11.7. The number of nitrogens with one attached hydrogen (secondary N) is 3. The molecule has 2 unspecified atom stereocenters. The fourth-order valence-electron chi connectivity index (χ4n) is 1.63. The van der Waals surface area contributed by atoms with Crippen molar-refractivity contribution in [2.45, 2.75) is 51.7 Å². The van der Waals surface area contributed by atoms with Gasteiger partial charge in [-0.3, -0.25) is 9.59 Å². The first-order valence-electron chi connectivity index (χ1n) is 5.63. The van der Waals surface area contributed by atoms with Gasteiger partial charge in [0.2, 0.25) is 11.8 Å². The van der Waals surface area contributed by atoms with Crippen LogP contribution in [0, 0.1) is 0 Å². The second-order valence-corrected chi connectivity index (χ2v) is 5.33. The average Bonchev–Trinajstić information content (AvgIpc) is 2.48. The van der Waals surface area contributed by atoms with Crippen molar-refractivity contribution in [3.63, 3.8) is 0 Å². The van der Waals surface area contributed by atoms with Gasteiger partial charge in [-0.25, -0.2) is 0 Å². The predicted molar refractivity (Wildman–Crippen MR) is 61.9 cm³/mol. The Hall–Kier alpha value is -1.10. The van der Waals surface area contributed by atoms with Crippen LogP contribution in [0.5, 0.6) is 0 Å². The molecule has 1 fully saturated rings. The summed E-state index contributed by atoms with van der Waals surface area (Å²) in [6, 6.07) is -0.217. The van der Waals surface area contributed by atoms with E-state index >= 15 is 0 Å². The minimum atomic E-state index is -0.281. The van der Waals surface area contributed by atoms with Crippen molar-refractivity contribution in [1.29, 1.82) is 0 Å². The largest absolute Gasteiger partial charge is 0.354 e. The second kappa shape index (κ2) is 4.82. The lowest BCUT2D eigenvalue weighted by Crippen LogP contribution is -2.52. The molecule has 1 aliphatic heterocycles. The predicted octanol–water partition coefficient (Wildman–Crippen LogP) is -0.232. The first-order valence-corrected chi connectivity index (χ1v) is 5.63. The molecule has 1 heterocycles. The number of hydrogen-bond donors (Lipinski definition) is 3. The lowest BCUT2D eigenvalue weighted by atomic mass is 10.1. The van der Waals surface area contributed by atoms with E-state index in [0.29, 0.717) is 13.0 Å². The van der Waals surface area contributed by atoms with Gasteiger partial charge >= 0.3 is 0 Å². The summed E-state index contributed by atoms with van der Waals surface area (Å²) >= 11 is 0. The standard InChI is InChI=1S/C11H21N3O2/c1-7(10(16)14-11(2,3)4)13-8-5-9(15)12-6-8/h7-8,13H,5-6H2,1-4H3,(H,12,15)(H,14,16). The van der Waals surface area contributed by atoms with Gasteiger partial charge in [0.15, 0.2) is 0 Å². The minimum Gasteiger partial charge on any atom is -0.354 e. The molecule has 2 atom stereocenters. The first kappa shape index (κ1) is 13.0. The van der Waals surface area contributed by atoms with Gasteiger partial charge in [0.25, 0.3) is 0 Å². The molecule has 0 aromatic heterocycles. The van der Waals surface area contributed by atoms with Crippen LogP contribution in [0.1, 0.15) is 34.1 Å². The summed E-state index contributed by atoms with van der Waals surface area (Å²) in [7, 11) is 0. The zero-order valence-corrected chi connectivity index (χ0v) is 10.4. The van der Waals surface area contributed by atoms with Crippen molar-refractivity contribution in [3.05, 3.63) is 0 Å². The van der Waals surface area contributed by atoms with E-state index in [9.17, 15) is 9.59 Å². The van der Waals surface area contributed by atoms with Crippen molar-refractivity contribution >= 4 is 11.8 Å². The van der Waals surface area contributed by atoms with E-state index in [0.717, 1.165) is 0 Å². The minimum absolute atomic E-state index is 0.0353.